The van der Waals surface area contributed by atoms with Crippen LogP contribution < -0.4 is 5.84 Å². The van der Waals surface area contributed by atoms with Crippen LogP contribution in [0, 0.1) is 12.7 Å². The molecule has 25 heavy (non-hydrogen) atoms. The van der Waals surface area contributed by atoms with E-state index < -0.39 is 27.9 Å². The first kappa shape index (κ1) is 19.0. The Morgan fingerprint density at radius 3 is 2.36 bits per heavy atom. The highest BCUT2D eigenvalue weighted by Gasteiger charge is 2.36. The van der Waals surface area contributed by atoms with Crippen LogP contribution in [0.1, 0.15) is 24.1 Å². The van der Waals surface area contributed by atoms with Gasteiger partial charge in [-0.05, 0) is 43.2 Å². The summed E-state index contributed by atoms with van der Waals surface area (Å²) in [6, 6.07) is 9.68. The van der Waals surface area contributed by atoms with Crippen LogP contribution in [0.4, 0.5) is 4.39 Å². The van der Waals surface area contributed by atoms with Crippen LogP contribution in [0.15, 0.2) is 53.4 Å². The topological polar surface area (TPSA) is 89.7 Å². The lowest BCUT2D eigenvalue weighted by molar-refractivity contribution is -0.148. The predicted molar refractivity (Wildman–Crippen MR) is 90.2 cm³/mol. The van der Waals surface area contributed by atoms with E-state index in [0.717, 1.165) is 12.1 Å². The third kappa shape index (κ3) is 4.04. The summed E-state index contributed by atoms with van der Waals surface area (Å²) in [6.45, 7) is 3.27. The molecule has 0 bridgehead atoms. The van der Waals surface area contributed by atoms with Crippen molar-refractivity contribution in [2.24, 2.45) is 5.84 Å². The molecule has 0 aromatic heterocycles. The molecular weight excluding hydrogens is 347 g/mol. The highest BCUT2D eigenvalue weighted by Crippen LogP contribution is 2.27. The van der Waals surface area contributed by atoms with Crippen LogP contribution in [-0.2, 0) is 19.6 Å². The third-order valence-corrected chi connectivity index (χ3v) is 5.38. The Hall–Kier alpha value is -2.29. The molecule has 1 atom stereocenters. The van der Waals surface area contributed by atoms with E-state index in [1.54, 1.807) is 32.0 Å². The molecule has 0 aliphatic carbocycles. The zero-order valence-corrected chi connectivity index (χ0v) is 14.7. The second-order valence-electron chi connectivity index (χ2n) is 5.31. The molecule has 0 saturated heterocycles. The highest BCUT2D eigenvalue weighted by atomic mass is 32.2. The van der Waals surface area contributed by atoms with E-state index in [4.69, 9.17) is 10.6 Å². The number of carbonyl (C=O) groups is 1. The molecule has 6 nitrogen and oxygen atoms in total. The molecule has 0 fully saturated rings. The molecule has 134 valence electrons. The van der Waals surface area contributed by atoms with E-state index in [9.17, 15) is 17.6 Å². The number of hydrogen-bond donors (Lipinski definition) is 1. The van der Waals surface area contributed by atoms with Gasteiger partial charge in [0.25, 0.3) is 10.0 Å². The lowest BCUT2D eigenvalue weighted by Gasteiger charge is -2.26. The maximum Gasteiger partial charge on any atom is 0.330 e. The second kappa shape index (κ2) is 7.73. The Kier molecular flexibility index (Phi) is 5.89. The molecule has 2 N–H and O–H groups in total. The van der Waals surface area contributed by atoms with Crippen LogP contribution in [-0.4, -0.2) is 25.4 Å². The SMILES string of the molecule is CCOC(=O)C(c1ccc(F)cc1)N(N)S(=O)(=O)c1ccccc1C. The Morgan fingerprint density at radius 2 is 1.80 bits per heavy atom. The quantitative estimate of drug-likeness (QED) is 0.481. The van der Waals surface area contributed by atoms with Crippen LogP contribution in [0.5, 0.6) is 0 Å². The van der Waals surface area contributed by atoms with Crippen molar-refractivity contribution in [2.75, 3.05) is 6.61 Å². The van der Waals surface area contributed by atoms with Gasteiger partial charge in [0.1, 0.15) is 5.82 Å². The average molecular weight is 366 g/mol. The molecule has 8 heteroatoms. The molecule has 1 unspecified atom stereocenters. The molecule has 2 rings (SSSR count). The molecule has 0 amide bonds. The zero-order chi connectivity index (χ0) is 18.6. The fraction of sp³-hybridized carbons (Fsp3) is 0.235. The number of carbonyl (C=O) groups excluding carboxylic acids is 1. The van der Waals surface area contributed by atoms with Crippen molar-refractivity contribution in [3.05, 3.63) is 65.5 Å². The maximum atomic E-state index is 13.2. The van der Waals surface area contributed by atoms with Crippen molar-refractivity contribution in [1.29, 1.82) is 0 Å². The molecule has 2 aromatic carbocycles. The molecule has 0 saturated carbocycles. The number of esters is 1. The number of benzene rings is 2. The van der Waals surface area contributed by atoms with Crippen molar-refractivity contribution in [3.8, 4) is 0 Å². The van der Waals surface area contributed by atoms with E-state index in [-0.39, 0.29) is 17.1 Å². The maximum absolute atomic E-state index is 13.2. The first-order valence-electron chi connectivity index (χ1n) is 7.56. The first-order valence-corrected chi connectivity index (χ1v) is 9.00. The Balaban J connectivity index is 2.51. The summed E-state index contributed by atoms with van der Waals surface area (Å²) in [6.07, 6.45) is 0. The van der Waals surface area contributed by atoms with Gasteiger partial charge in [0.15, 0.2) is 6.04 Å². The van der Waals surface area contributed by atoms with Crippen molar-refractivity contribution in [2.45, 2.75) is 24.8 Å². The summed E-state index contributed by atoms with van der Waals surface area (Å²) in [7, 11) is -4.17. The predicted octanol–water partition coefficient (Wildman–Crippen LogP) is 2.30. The van der Waals surface area contributed by atoms with Gasteiger partial charge in [0, 0.05) is 0 Å². The standard InChI is InChI=1S/C17H19FN2O4S/c1-3-24-17(21)16(13-8-10-14(18)11-9-13)20(19)25(22,23)15-7-5-4-6-12(15)2/h4-11,16H,3,19H2,1-2H3. The van der Waals surface area contributed by atoms with Gasteiger partial charge in [0.05, 0.1) is 11.5 Å². The smallest absolute Gasteiger partial charge is 0.330 e. The molecule has 0 aliphatic rings. The number of nitrogens with zero attached hydrogens (tertiary/aromatic N) is 1. The number of rotatable bonds is 6. The molecule has 0 aliphatic heterocycles. The minimum absolute atomic E-state index is 0.0195. The number of nitrogens with two attached hydrogens (primary N) is 1. The fourth-order valence-electron chi connectivity index (χ4n) is 2.35. The fourth-order valence-corrected chi connectivity index (χ4v) is 3.79. The van der Waals surface area contributed by atoms with Gasteiger partial charge in [-0.15, -0.1) is 4.41 Å². The number of hydrazine groups is 1. The summed E-state index contributed by atoms with van der Waals surface area (Å²) >= 11 is 0. The molecule has 0 spiro atoms. The van der Waals surface area contributed by atoms with E-state index in [0.29, 0.717) is 9.98 Å². The van der Waals surface area contributed by atoms with Gasteiger partial charge < -0.3 is 4.74 Å². The van der Waals surface area contributed by atoms with Gasteiger partial charge in [-0.3, -0.25) is 5.84 Å². The van der Waals surface area contributed by atoms with Gasteiger partial charge in [-0.1, -0.05) is 30.3 Å². The number of halogens is 1. The number of aryl methyl sites for hydroxylation is 1. The summed E-state index contributed by atoms with van der Waals surface area (Å²) < 4.78 is 44.3. The van der Waals surface area contributed by atoms with E-state index >= 15 is 0 Å². The van der Waals surface area contributed by atoms with E-state index in [2.05, 4.69) is 0 Å². The highest BCUT2D eigenvalue weighted by molar-refractivity contribution is 7.89. The zero-order valence-electron chi connectivity index (χ0n) is 13.8. The summed E-state index contributed by atoms with van der Waals surface area (Å²) in [5.41, 5.74) is 0.694. The van der Waals surface area contributed by atoms with Crippen molar-refractivity contribution < 1.29 is 22.3 Å². The van der Waals surface area contributed by atoms with Gasteiger partial charge in [-0.25, -0.2) is 17.6 Å². The van der Waals surface area contributed by atoms with Crippen molar-refractivity contribution in [1.82, 2.24) is 4.41 Å². The lowest BCUT2D eigenvalue weighted by atomic mass is 10.1. The number of ether oxygens (including phenoxy) is 1. The normalized spacial score (nSPS) is 12.8. The summed E-state index contributed by atoms with van der Waals surface area (Å²) in [5.74, 6) is 4.49. The summed E-state index contributed by atoms with van der Waals surface area (Å²) in [5, 5.41) is 0. The van der Waals surface area contributed by atoms with Crippen molar-refractivity contribution >= 4 is 16.0 Å². The average Bonchev–Trinajstić information content (AvgIpc) is 2.57. The third-order valence-electron chi connectivity index (χ3n) is 3.60. The summed E-state index contributed by atoms with van der Waals surface area (Å²) in [4.78, 5) is 12.3. The Labute approximate surface area is 146 Å². The monoisotopic (exact) mass is 366 g/mol. The van der Waals surface area contributed by atoms with E-state index in [1.165, 1.54) is 18.2 Å². The largest absolute Gasteiger partial charge is 0.464 e. The molecular formula is C17H19FN2O4S. The Bertz CT molecular complexity index is 853. The Morgan fingerprint density at radius 1 is 1.20 bits per heavy atom. The molecule has 0 radical (unpaired) electrons. The van der Waals surface area contributed by atoms with Crippen LogP contribution in [0.25, 0.3) is 0 Å². The second-order valence-corrected chi connectivity index (χ2v) is 7.12. The van der Waals surface area contributed by atoms with Gasteiger partial charge >= 0.3 is 5.97 Å². The van der Waals surface area contributed by atoms with Crippen LogP contribution in [0.3, 0.4) is 0 Å². The first-order chi connectivity index (χ1) is 11.8. The molecule has 0 heterocycles. The number of sulfonamides is 1. The minimum atomic E-state index is -4.17. The minimum Gasteiger partial charge on any atom is -0.464 e. The van der Waals surface area contributed by atoms with Crippen LogP contribution >= 0.6 is 0 Å². The molecule has 2 aromatic rings. The number of hydrogen-bond acceptors (Lipinski definition) is 5. The lowest BCUT2D eigenvalue weighted by Crippen LogP contribution is -2.44. The van der Waals surface area contributed by atoms with Gasteiger partial charge in [0.2, 0.25) is 0 Å². The van der Waals surface area contributed by atoms with Crippen LogP contribution in [0.2, 0.25) is 0 Å². The van der Waals surface area contributed by atoms with E-state index in [1.807, 2.05) is 0 Å². The van der Waals surface area contributed by atoms with Crippen molar-refractivity contribution in [3.63, 3.8) is 0 Å². The van der Waals surface area contributed by atoms with Gasteiger partial charge in [-0.2, -0.15) is 0 Å².